The van der Waals surface area contributed by atoms with E-state index in [-0.39, 0.29) is 5.91 Å². The van der Waals surface area contributed by atoms with Crippen molar-refractivity contribution < 1.29 is 4.79 Å². The van der Waals surface area contributed by atoms with Crippen LogP contribution in [0.3, 0.4) is 0 Å². The zero-order chi connectivity index (χ0) is 14.3. The first-order chi connectivity index (χ1) is 9.63. The van der Waals surface area contributed by atoms with Crippen molar-refractivity contribution in [3.8, 4) is 6.07 Å². The number of hydrogen-bond acceptors (Lipinski definition) is 2. The number of carbonyl (C=O) groups is 1. The summed E-state index contributed by atoms with van der Waals surface area (Å²) in [7, 11) is 1.38. The summed E-state index contributed by atoms with van der Waals surface area (Å²) >= 11 is 0. The first-order valence-corrected chi connectivity index (χ1v) is 7.06. The molecule has 0 N–H and O–H groups in total. The average molecular weight is 280 g/mol. The van der Waals surface area contributed by atoms with Crippen molar-refractivity contribution in [3.05, 3.63) is 58.8 Å². The molecular formula is C16H12N2OS. The van der Waals surface area contributed by atoms with Crippen LogP contribution >= 0.6 is 10.9 Å². The van der Waals surface area contributed by atoms with Crippen molar-refractivity contribution in [2.45, 2.75) is 13.8 Å². The summed E-state index contributed by atoms with van der Waals surface area (Å²) in [5.74, 6) is -0.0507. The lowest BCUT2D eigenvalue weighted by molar-refractivity contribution is -0.118. The Labute approximate surface area is 121 Å². The van der Waals surface area contributed by atoms with Crippen LogP contribution in [0.15, 0.2) is 53.3 Å². The van der Waals surface area contributed by atoms with Crippen LogP contribution in [0.4, 0.5) is 0 Å². The van der Waals surface area contributed by atoms with Crippen LogP contribution in [0.25, 0.3) is 0 Å². The molecule has 3 nitrogen and oxygen atoms in total. The number of benzene rings is 1. The molecule has 0 saturated heterocycles. The van der Waals surface area contributed by atoms with Gasteiger partial charge in [0.05, 0.1) is 5.57 Å². The van der Waals surface area contributed by atoms with Crippen molar-refractivity contribution in [2.24, 2.45) is 0 Å². The van der Waals surface area contributed by atoms with Crippen molar-refractivity contribution in [1.82, 2.24) is 4.90 Å². The lowest BCUT2D eigenvalue weighted by Crippen LogP contribution is -2.37. The molecule has 1 aromatic rings. The molecule has 1 amide bonds. The maximum atomic E-state index is 12.6. The summed E-state index contributed by atoms with van der Waals surface area (Å²) in [5.41, 5.74) is 3.25. The first kappa shape index (κ1) is 12.6. The van der Waals surface area contributed by atoms with Gasteiger partial charge in [0, 0.05) is 5.70 Å². The van der Waals surface area contributed by atoms with Crippen LogP contribution in [0.1, 0.15) is 19.4 Å². The van der Waals surface area contributed by atoms with Gasteiger partial charge in [0.1, 0.15) is 15.9 Å². The summed E-state index contributed by atoms with van der Waals surface area (Å²) in [5, 5.41) is 9.32. The second kappa shape index (κ2) is 4.62. The zero-order valence-electron chi connectivity index (χ0n) is 11.2. The number of nitrogens with zero attached hydrogens (tertiary/aromatic N) is 2. The lowest BCUT2D eigenvalue weighted by Gasteiger charge is -2.25. The van der Waals surface area contributed by atoms with Gasteiger partial charge in [-0.1, -0.05) is 30.3 Å². The van der Waals surface area contributed by atoms with Gasteiger partial charge < -0.3 is 0 Å². The Morgan fingerprint density at radius 2 is 1.90 bits per heavy atom. The standard InChI is InChI=1S/C16H12N2OS/c1-10-8-11(2)18-15(19)14(12-6-4-3-5-7-12)20-16(18)13(10)9-17/h3-8H,1-2H3. The Morgan fingerprint density at radius 1 is 1.20 bits per heavy atom. The molecule has 20 heavy (non-hydrogen) atoms. The number of nitriles is 1. The van der Waals surface area contributed by atoms with Gasteiger partial charge in [0.15, 0.2) is 0 Å². The molecule has 2 aliphatic rings. The van der Waals surface area contributed by atoms with E-state index in [2.05, 4.69) is 6.07 Å². The fraction of sp³-hybridized carbons (Fsp3) is 0.125. The minimum absolute atomic E-state index is 0.0507. The number of amides is 1. The fourth-order valence-electron chi connectivity index (χ4n) is 2.39. The third kappa shape index (κ3) is 1.75. The fourth-order valence-corrected chi connectivity index (χ4v) is 3.64. The van der Waals surface area contributed by atoms with Gasteiger partial charge in [-0.05, 0) is 31.1 Å². The zero-order valence-corrected chi connectivity index (χ0v) is 12.0. The van der Waals surface area contributed by atoms with Crippen LogP contribution in [-0.2, 0) is 4.79 Å². The normalized spacial score (nSPS) is 17.8. The largest absolute Gasteiger partial charge is 0.273 e. The molecule has 1 aromatic carbocycles. The molecule has 2 heterocycles. The highest BCUT2D eigenvalue weighted by Gasteiger charge is 2.34. The van der Waals surface area contributed by atoms with E-state index < -0.39 is 0 Å². The maximum absolute atomic E-state index is 12.6. The first-order valence-electron chi connectivity index (χ1n) is 6.24. The van der Waals surface area contributed by atoms with E-state index in [9.17, 15) is 10.1 Å². The Balaban J connectivity index is 2.23. The SMILES string of the molecule is CC1=CC(C)=C(C#N)C2=S=C(c3ccccc3)C(=O)N12. The van der Waals surface area contributed by atoms with Crippen molar-refractivity contribution in [2.75, 3.05) is 0 Å². The van der Waals surface area contributed by atoms with Crippen molar-refractivity contribution in [3.63, 3.8) is 0 Å². The molecule has 0 bridgehead atoms. The molecule has 0 fully saturated rings. The predicted molar refractivity (Wildman–Crippen MR) is 82.1 cm³/mol. The Hall–Kier alpha value is -2.38. The molecule has 0 saturated carbocycles. The van der Waals surface area contributed by atoms with Crippen LogP contribution < -0.4 is 0 Å². The molecule has 0 atom stereocenters. The molecule has 98 valence electrons. The minimum atomic E-state index is -0.0507. The monoisotopic (exact) mass is 280 g/mol. The molecule has 0 radical (unpaired) electrons. The number of fused-ring (bicyclic) bond motifs is 1. The van der Waals surface area contributed by atoms with Crippen LogP contribution in [0.5, 0.6) is 0 Å². The van der Waals surface area contributed by atoms with E-state index >= 15 is 0 Å². The van der Waals surface area contributed by atoms with Gasteiger partial charge in [-0.3, -0.25) is 9.69 Å². The van der Waals surface area contributed by atoms with Gasteiger partial charge in [0.2, 0.25) is 0 Å². The molecule has 0 aromatic heterocycles. The van der Waals surface area contributed by atoms with Gasteiger partial charge in [-0.25, -0.2) is 0 Å². The summed E-state index contributed by atoms with van der Waals surface area (Å²) in [6.45, 7) is 3.79. The molecule has 2 aliphatic heterocycles. The predicted octanol–water partition coefficient (Wildman–Crippen LogP) is 2.67. The highest BCUT2D eigenvalue weighted by molar-refractivity contribution is 8.01. The average Bonchev–Trinajstić information content (AvgIpc) is 2.78. The summed E-state index contributed by atoms with van der Waals surface area (Å²) < 4.78 is 0. The van der Waals surface area contributed by atoms with E-state index in [0.717, 1.165) is 21.8 Å². The maximum Gasteiger partial charge on any atom is 0.273 e. The van der Waals surface area contributed by atoms with E-state index in [1.807, 2.05) is 50.3 Å². The number of allylic oxidation sites excluding steroid dienone is 3. The van der Waals surface area contributed by atoms with Crippen LogP contribution in [-0.4, -0.2) is 20.7 Å². The molecule has 0 unspecified atom stereocenters. The smallest absolute Gasteiger partial charge is 0.270 e. The Kier molecular flexibility index (Phi) is 2.92. The number of carbonyl (C=O) groups excluding carboxylic acids is 1. The summed E-state index contributed by atoms with van der Waals surface area (Å²) in [4.78, 5) is 15.6. The molecule has 0 spiro atoms. The third-order valence-corrected chi connectivity index (χ3v) is 4.53. The summed E-state index contributed by atoms with van der Waals surface area (Å²) in [6, 6.07) is 11.8. The highest BCUT2D eigenvalue weighted by atomic mass is 32.1. The van der Waals surface area contributed by atoms with E-state index in [0.29, 0.717) is 10.4 Å². The topological polar surface area (TPSA) is 44.1 Å². The Bertz CT molecular complexity index is 788. The van der Waals surface area contributed by atoms with Crippen molar-refractivity contribution in [1.29, 1.82) is 5.26 Å². The Morgan fingerprint density at radius 3 is 2.55 bits per heavy atom. The van der Waals surface area contributed by atoms with Crippen LogP contribution in [0, 0.1) is 11.3 Å². The molecule has 4 heteroatoms. The second-order valence-electron chi connectivity index (χ2n) is 4.70. The molecular weight excluding hydrogens is 268 g/mol. The highest BCUT2D eigenvalue weighted by Crippen LogP contribution is 2.28. The summed E-state index contributed by atoms with van der Waals surface area (Å²) in [6.07, 6.45) is 1.88. The van der Waals surface area contributed by atoms with Gasteiger partial charge in [-0.2, -0.15) is 5.26 Å². The van der Waals surface area contributed by atoms with E-state index in [1.165, 1.54) is 10.9 Å². The number of hydrogen-bond donors (Lipinski definition) is 0. The number of rotatable bonds is 1. The van der Waals surface area contributed by atoms with Gasteiger partial charge in [0.25, 0.3) is 5.91 Å². The van der Waals surface area contributed by atoms with Gasteiger partial charge >= 0.3 is 0 Å². The van der Waals surface area contributed by atoms with E-state index in [4.69, 9.17) is 0 Å². The molecule has 3 rings (SSSR count). The third-order valence-electron chi connectivity index (χ3n) is 3.33. The quantitative estimate of drug-likeness (QED) is 0.742. The van der Waals surface area contributed by atoms with Gasteiger partial charge in [-0.15, -0.1) is 10.9 Å². The van der Waals surface area contributed by atoms with Crippen LogP contribution in [0.2, 0.25) is 0 Å². The minimum Gasteiger partial charge on any atom is -0.270 e. The lowest BCUT2D eigenvalue weighted by atomic mass is 10.0. The molecule has 0 aliphatic carbocycles. The van der Waals surface area contributed by atoms with Crippen molar-refractivity contribution >= 4 is 26.7 Å². The van der Waals surface area contributed by atoms with E-state index in [1.54, 1.807) is 4.90 Å². The second-order valence-corrected chi connectivity index (χ2v) is 5.70.